The van der Waals surface area contributed by atoms with Crippen LogP contribution in [0.2, 0.25) is 0 Å². The summed E-state index contributed by atoms with van der Waals surface area (Å²) in [5, 5.41) is 4.92. The summed E-state index contributed by atoms with van der Waals surface area (Å²) in [6.45, 7) is 2.43. The van der Waals surface area contributed by atoms with Crippen molar-refractivity contribution in [1.82, 2.24) is 4.57 Å². The summed E-state index contributed by atoms with van der Waals surface area (Å²) in [5.41, 5.74) is 20.1. The van der Waals surface area contributed by atoms with Crippen LogP contribution < -0.4 is 4.90 Å². The monoisotopic (exact) mass is 790 g/mol. The topological polar surface area (TPSA) is 8.17 Å². The van der Waals surface area contributed by atoms with Crippen molar-refractivity contribution in [1.29, 1.82) is 0 Å². The first-order valence-electron chi connectivity index (χ1n) is 21.9. The molecule has 0 radical (unpaired) electrons. The van der Waals surface area contributed by atoms with E-state index in [1.165, 1.54) is 82.7 Å². The van der Waals surface area contributed by atoms with Crippen molar-refractivity contribution in [2.24, 2.45) is 5.92 Å². The number of hydrogen-bond donors (Lipinski definition) is 0. The van der Waals surface area contributed by atoms with Gasteiger partial charge in [0.2, 0.25) is 0 Å². The first-order valence-corrected chi connectivity index (χ1v) is 21.9. The minimum Gasteiger partial charge on any atom is -0.310 e. The highest BCUT2D eigenvalue weighted by Crippen LogP contribution is 2.65. The first-order chi connectivity index (χ1) is 30.7. The second kappa shape index (κ2) is 13.4. The number of allylic oxidation sites excluding steroid dienone is 4. The lowest BCUT2D eigenvalue weighted by Crippen LogP contribution is -2.30. The summed E-state index contributed by atoms with van der Waals surface area (Å²) in [6, 6.07) is 76.8. The van der Waals surface area contributed by atoms with Crippen molar-refractivity contribution in [2.75, 3.05) is 4.90 Å². The molecule has 0 saturated carbocycles. The molecule has 0 fully saturated rings. The summed E-state index contributed by atoms with van der Waals surface area (Å²) in [6.07, 6.45) is 5.82. The van der Waals surface area contributed by atoms with Crippen molar-refractivity contribution >= 4 is 55.2 Å². The van der Waals surface area contributed by atoms with Gasteiger partial charge in [-0.2, -0.15) is 0 Å². The molecule has 1 heterocycles. The Balaban J connectivity index is 1.10. The van der Waals surface area contributed by atoms with E-state index in [4.69, 9.17) is 0 Å². The summed E-state index contributed by atoms with van der Waals surface area (Å²) in [7, 11) is 0. The van der Waals surface area contributed by atoms with Gasteiger partial charge in [-0.15, -0.1) is 0 Å². The van der Waals surface area contributed by atoms with Crippen molar-refractivity contribution in [3.8, 4) is 27.9 Å². The zero-order chi connectivity index (χ0) is 40.9. The zero-order valence-electron chi connectivity index (χ0n) is 34.5. The fraction of sp³-hybridized carbons (Fsp3) is 0.0667. The van der Waals surface area contributed by atoms with Crippen molar-refractivity contribution in [3.05, 3.63) is 246 Å². The molecule has 3 aliphatic carbocycles. The highest BCUT2D eigenvalue weighted by molar-refractivity contribution is 6.12. The molecule has 13 rings (SSSR count). The third kappa shape index (κ3) is 4.81. The summed E-state index contributed by atoms with van der Waals surface area (Å²) in [4.78, 5) is 2.51. The van der Waals surface area contributed by atoms with E-state index in [2.05, 4.69) is 235 Å². The molecule has 2 unspecified atom stereocenters. The highest BCUT2D eigenvalue weighted by atomic mass is 15.1. The minimum atomic E-state index is -0.342. The second-order valence-corrected chi connectivity index (χ2v) is 17.2. The van der Waals surface area contributed by atoms with Crippen LogP contribution in [0.1, 0.15) is 35.6 Å². The fourth-order valence-electron chi connectivity index (χ4n) is 11.6. The summed E-state index contributed by atoms with van der Waals surface area (Å²) < 4.78 is 2.42. The van der Waals surface area contributed by atoms with Crippen LogP contribution in [0.3, 0.4) is 0 Å². The molecule has 0 bridgehead atoms. The average Bonchev–Trinajstić information content (AvgIpc) is 3.94. The zero-order valence-corrected chi connectivity index (χ0v) is 34.5. The Labute approximate surface area is 362 Å². The maximum absolute atomic E-state index is 2.51. The molecule has 0 amide bonds. The van der Waals surface area contributed by atoms with Crippen LogP contribution in [0.15, 0.2) is 224 Å². The molecule has 9 aromatic carbocycles. The molecular formula is C60H42N2. The van der Waals surface area contributed by atoms with Gasteiger partial charge in [0.05, 0.1) is 22.1 Å². The van der Waals surface area contributed by atoms with Gasteiger partial charge in [-0.1, -0.05) is 177 Å². The third-order valence-corrected chi connectivity index (χ3v) is 14.0. The molecule has 3 aliphatic rings. The molecule has 1 spiro atoms. The Hall–Kier alpha value is -7.68. The van der Waals surface area contributed by atoms with E-state index >= 15 is 0 Å². The Kier molecular flexibility index (Phi) is 7.60. The predicted molar refractivity (Wildman–Crippen MR) is 260 cm³/mol. The lowest BCUT2D eigenvalue weighted by atomic mass is 9.65. The van der Waals surface area contributed by atoms with E-state index in [0.717, 1.165) is 29.2 Å². The number of fused-ring (bicyclic) bond motifs is 13. The third-order valence-electron chi connectivity index (χ3n) is 14.0. The van der Waals surface area contributed by atoms with Crippen LogP contribution in [0, 0.1) is 5.92 Å². The molecule has 292 valence electrons. The van der Waals surface area contributed by atoms with Crippen LogP contribution in [0.5, 0.6) is 0 Å². The SMILES string of the molecule is CC1CC=CC2=C1C1(c3ccccc32)c2ccccc2-c2cc(N(c3ccc4c5ccccc5n(-c5ccccc5)c4c3)c3ccc(-c4ccccc4)c4ccccc34)ccc21. The average molecular weight is 791 g/mol. The first kappa shape index (κ1) is 35.1. The number of anilines is 3. The normalized spacial score (nSPS) is 17.1. The standard InChI is InChI=1S/C60H42N2/c1-39-17-16-27-51-46-23-10-13-28-53(46)60(59(39)51)54-29-14-11-24-47(54)52-37-42(32-35-55(52)60)61(57-36-34-44(40-18-4-2-5-19-40)45-22-8-9-25-48(45)57)43-31-33-50-49-26-12-15-30-56(49)62(58(50)38-43)41-20-6-3-7-21-41/h2-16,18-39H,17H2,1H3. The van der Waals surface area contributed by atoms with Gasteiger partial charge >= 0.3 is 0 Å². The van der Waals surface area contributed by atoms with Gasteiger partial charge in [0.1, 0.15) is 0 Å². The minimum absolute atomic E-state index is 0.342. The van der Waals surface area contributed by atoms with E-state index in [0.29, 0.717) is 5.92 Å². The van der Waals surface area contributed by atoms with Crippen LogP contribution >= 0.6 is 0 Å². The molecule has 1 aromatic heterocycles. The number of aromatic nitrogens is 1. The van der Waals surface area contributed by atoms with Crippen molar-refractivity contribution in [2.45, 2.75) is 18.8 Å². The Bertz CT molecular complexity index is 3510. The van der Waals surface area contributed by atoms with Gasteiger partial charge < -0.3 is 9.47 Å². The number of benzene rings is 9. The fourth-order valence-corrected chi connectivity index (χ4v) is 11.6. The van der Waals surface area contributed by atoms with Gasteiger partial charge in [-0.25, -0.2) is 0 Å². The molecule has 2 heteroatoms. The van der Waals surface area contributed by atoms with Crippen LogP contribution in [-0.4, -0.2) is 4.57 Å². The highest BCUT2D eigenvalue weighted by Gasteiger charge is 2.54. The van der Waals surface area contributed by atoms with E-state index in [1.807, 2.05) is 0 Å². The van der Waals surface area contributed by atoms with Crippen LogP contribution in [0.25, 0.3) is 66.1 Å². The summed E-state index contributed by atoms with van der Waals surface area (Å²) in [5.74, 6) is 0.412. The van der Waals surface area contributed by atoms with Crippen molar-refractivity contribution < 1.29 is 0 Å². The molecule has 0 saturated heterocycles. The summed E-state index contributed by atoms with van der Waals surface area (Å²) >= 11 is 0. The molecule has 2 atom stereocenters. The molecular weight excluding hydrogens is 749 g/mol. The number of hydrogen-bond acceptors (Lipinski definition) is 1. The number of para-hydroxylation sites is 2. The van der Waals surface area contributed by atoms with Crippen LogP contribution in [-0.2, 0) is 5.41 Å². The molecule has 62 heavy (non-hydrogen) atoms. The van der Waals surface area contributed by atoms with Gasteiger partial charge in [-0.05, 0) is 122 Å². The molecule has 10 aromatic rings. The lowest BCUT2D eigenvalue weighted by molar-refractivity contribution is 0.591. The predicted octanol–water partition coefficient (Wildman–Crippen LogP) is 15.8. The molecule has 0 aliphatic heterocycles. The Morgan fingerprint density at radius 1 is 0.468 bits per heavy atom. The van der Waals surface area contributed by atoms with E-state index < -0.39 is 0 Å². The smallest absolute Gasteiger partial charge is 0.0691 e. The Morgan fingerprint density at radius 3 is 1.90 bits per heavy atom. The number of rotatable bonds is 5. The van der Waals surface area contributed by atoms with E-state index in [1.54, 1.807) is 5.57 Å². The largest absolute Gasteiger partial charge is 0.310 e. The van der Waals surface area contributed by atoms with E-state index in [-0.39, 0.29) is 5.41 Å². The van der Waals surface area contributed by atoms with Crippen LogP contribution in [0.4, 0.5) is 17.1 Å². The van der Waals surface area contributed by atoms with Gasteiger partial charge in [0.25, 0.3) is 0 Å². The van der Waals surface area contributed by atoms with Gasteiger partial charge in [-0.3, -0.25) is 0 Å². The van der Waals surface area contributed by atoms with Gasteiger partial charge in [0.15, 0.2) is 0 Å². The molecule has 0 N–H and O–H groups in total. The van der Waals surface area contributed by atoms with Crippen molar-refractivity contribution in [3.63, 3.8) is 0 Å². The quantitative estimate of drug-likeness (QED) is 0.169. The maximum Gasteiger partial charge on any atom is 0.0691 e. The molecule has 2 nitrogen and oxygen atoms in total. The van der Waals surface area contributed by atoms with E-state index in [9.17, 15) is 0 Å². The Morgan fingerprint density at radius 2 is 1.08 bits per heavy atom. The maximum atomic E-state index is 2.51. The van der Waals surface area contributed by atoms with Gasteiger partial charge in [0, 0.05) is 33.2 Å². The lowest BCUT2D eigenvalue weighted by Gasteiger charge is -2.36. The number of nitrogens with zero attached hydrogens (tertiary/aromatic N) is 2. The second-order valence-electron chi connectivity index (χ2n) is 17.2.